The maximum Gasteiger partial charge on any atom is 0.178 e. The Balaban J connectivity index is 2.64. The van der Waals surface area contributed by atoms with Gasteiger partial charge in [0.15, 0.2) is 12.4 Å². The van der Waals surface area contributed by atoms with Gasteiger partial charge >= 0.3 is 0 Å². The first-order valence-corrected chi connectivity index (χ1v) is 6.96. The fourth-order valence-corrected chi connectivity index (χ4v) is 2.71. The molecule has 0 aliphatic carbocycles. The minimum Gasteiger partial charge on any atom is -0.357 e. The fourth-order valence-electron chi connectivity index (χ4n) is 2.71. The summed E-state index contributed by atoms with van der Waals surface area (Å²) in [7, 11) is 8.22. The van der Waals surface area contributed by atoms with Gasteiger partial charge in [0.25, 0.3) is 0 Å². The van der Waals surface area contributed by atoms with Crippen molar-refractivity contribution in [2.75, 3.05) is 33.5 Å². The van der Waals surface area contributed by atoms with E-state index in [9.17, 15) is 0 Å². The molecule has 0 atom stereocenters. The lowest BCUT2D eigenvalue weighted by Gasteiger charge is -2.20. The topological polar surface area (TPSA) is 18.0 Å². The van der Waals surface area contributed by atoms with E-state index in [4.69, 9.17) is 0 Å². The summed E-state index contributed by atoms with van der Waals surface area (Å²) in [6.45, 7) is 4.54. The van der Waals surface area contributed by atoms with Crippen molar-refractivity contribution < 1.29 is 9.15 Å². The number of nitrogens with zero attached hydrogens (tertiary/aromatic N) is 2. The number of hydrogen-bond donors (Lipinski definition) is 1. The van der Waals surface area contributed by atoms with Crippen molar-refractivity contribution in [2.24, 2.45) is 0 Å². The van der Waals surface area contributed by atoms with Crippen LogP contribution in [0, 0.1) is 0 Å². The van der Waals surface area contributed by atoms with Crippen LogP contribution in [0.15, 0.2) is 35.5 Å². The minimum absolute atomic E-state index is 0.00898. The molecule has 1 aliphatic heterocycles. The predicted octanol–water partition coefficient (Wildman–Crippen LogP) is 2.33. The second-order valence-electron chi connectivity index (χ2n) is 6.31. The van der Waals surface area contributed by atoms with Gasteiger partial charge < -0.3 is 5.32 Å². The lowest BCUT2D eigenvalue weighted by Crippen LogP contribution is -2.22. The summed E-state index contributed by atoms with van der Waals surface area (Å²) in [6, 6.07) is 8.54. The van der Waals surface area contributed by atoms with Crippen LogP contribution in [0.3, 0.4) is 0 Å². The zero-order valence-corrected chi connectivity index (χ0v) is 13.4. The molecule has 0 saturated heterocycles. The Bertz CT molecular complexity index is 591. The zero-order valence-electron chi connectivity index (χ0n) is 13.4. The third-order valence-electron chi connectivity index (χ3n) is 3.57. The molecular weight excluding hydrogens is 246 g/mol. The Hall–Kier alpha value is -1.90. The highest BCUT2D eigenvalue weighted by molar-refractivity contribution is 6.03. The quantitative estimate of drug-likeness (QED) is 0.646. The third-order valence-corrected chi connectivity index (χ3v) is 3.57. The number of para-hydroxylation sites is 1. The Morgan fingerprint density at radius 3 is 2.05 bits per heavy atom. The number of fused-ring (bicyclic) bond motifs is 1. The summed E-state index contributed by atoms with van der Waals surface area (Å²) >= 11 is 0. The molecule has 0 fully saturated rings. The number of rotatable bonds is 2. The molecule has 0 aromatic heterocycles. The normalized spacial score (nSPS) is 15.2. The van der Waals surface area contributed by atoms with Crippen LogP contribution >= 0.6 is 0 Å². The first-order chi connectivity index (χ1) is 9.32. The zero-order chi connectivity index (χ0) is 14.9. The number of anilines is 1. The number of hydrogen-bond acceptors (Lipinski definition) is 1. The first-order valence-electron chi connectivity index (χ1n) is 6.96. The van der Waals surface area contributed by atoms with E-state index in [1.165, 1.54) is 22.5 Å². The molecule has 0 amide bonds. The molecule has 1 aromatic carbocycles. The van der Waals surface area contributed by atoms with E-state index >= 15 is 0 Å². The highest BCUT2D eigenvalue weighted by Gasteiger charge is 2.37. The average molecular weight is 271 g/mol. The van der Waals surface area contributed by atoms with Crippen LogP contribution in [0.2, 0.25) is 0 Å². The lowest BCUT2D eigenvalue weighted by atomic mass is 9.82. The first kappa shape index (κ1) is 14.5. The molecule has 0 bridgehead atoms. The van der Waals surface area contributed by atoms with E-state index in [2.05, 4.69) is 93.2 Å². The van der Waals surface area contributed by atoms with Gasteiger partial charge in [-0.15, -0.1) is 0 Å². The van der Waals surface area contributed by atoms with Gasteiger partial charge in [-0.1, -0.05) is 32.0 Å². The van der Waals surface area contributed by atoms with Gasteiger partial charge in [-0.3, -0.25) is 0 Å². The Labute approximate surface area is 122 Å². The van der Waals surface area contributed by atoms with Crippen LogP contribution < -0.4 is 5.32 Å². The van der Waals surface area contributed by atoms with Gasteiger partial charge in [-0.05, 0) is 11.6 Å². The SMILES string of the molecule is C[N+](C)=CC(C=[N+](C)C)=C1Nc2ccccc2C1(C)C. The summed E-state index contributed by atoms with van der Waals surface area (Å²) < 4.78 is 4.17. The van der Waals surface area contributed by atoms with Crippen LogP contribution in [0.1, 0.15) is 19.4 Å². The fraction of sp³-hybridized carbons (Fsp3) is 0.412. The van der Waals surface area contributed by atoms with Gasteiger partial charge in [0.05, 0.1) is 0 Å². The summed E-state index contributed by atoms with van der Waals surface area (Å²) in [5.41, 5.74) is 5.02. The van der Waals surface area contributed by atoms with Crippen LogP contribution in [-0.2, 0) is 5.41 Å². The monoisotopic (exact) mass is 271 g/mol. The van der Waals surface area contributed by atoms with Gasteiger partial charge in [-0.2, -0.15) is 0 Å². The maximum absolute atomic E-state index is 3.60. The predicted molar refractivity (Wildman–Crippen MR) is 86.5 cm³/mol. The molecular formula is C17H25N3+2. The van der Waals surface area contributed by atoms with Gasteiger partial charge in [0.1, 0.15) is 33.8 Å². The second kappa shape index (κ2) is 5.23. The van der Waals surface area contributed by atoms with Crippen molar-refractivity contribution in [1.82, 2.24) is 0 Å². The summed E-state index contributed by atoms with van der Waals surface area (Å²) in [5.74, 6) is 0. The van der Waals surface area contributed by atoms with Crippen molar-refractivity contribution in [3.05, 3.63) is 41.1 Å². The summed E-state index contributed by atoms with van der Waals surface area (Å²) in [6.07, 6.45) is 4.33. The molecule has 1 N–H and O–H groups in total. The van der Waals surface area contributed by atoms with E-state index < -0.39 is 0 Å². The largest absolute Gasteiger partial charge is 0.357 e. The van der Waals surface area contributed by atoms with Crippen molar-refractivity contribution >= 4 is 18.1 Å². The van der Waals surface area contributed by atoms with Crippen LogP contribution in [0.4, 0.5) is 5.69 Å². The number of allylic oxidation sites excluding steroid dienone is 2. The average Bonchev–Trinajstić information content (AvgIpc) is 2.60. The molecule has 3 nitrogen and oxygen atoms in total. The molecule has 0 saturated carbocycles. The van der Waals surface area contributed by atoms with E-state index in [0.717, 1.165) is 0 Å². The molecule has 0 radical (unpaired) electrons. The third kappa shape index (κ3) is 2.67. The highest BCUT2D eigenvalue weighted by atomic mass is 15.0. The molecule has 1 aliphatic rings. The Morgan fingerprint density at radius 2 is 1.55 bits per heavy atom. The van der Waals surface area contributed by atoms with E-state index in [-0.39, 0.29) is 5.41 Å². The minimum atomic E-state index is -0.00898. The molecule has 20 heavy (non-hydrogen) atoms. The van der Waals surface area contributed by atoms with E-state index in [0.29, 0.717) is 0 Å². The van der Waals surface area contributed by atoms with E-state index in [1.807, 2.05) is 0 Å². The highest BCUT2D eigenvalue weighted by Crippen LogP contribution is 2.43. The summed E-state index contributed by atoms with van der Waals surface area (Å²) in [5, 5.41) is 3.60. The standard InChI is InChI=1S/C17H24N3/c1-17(2)14-9-7-8-10-15(14)18-16(17)13(11-19(3)4)12-20(5)6/h7-12H,1-6H3/q+1/p+1. The van der Waals surface area contributed by atoms with Gasteiger partial charge in [0, 0.05) is 16.8 Å². The number of nitrogens with one attached hydrogen (secondary N) is 1. The molecule has 1 heterocycles. The van der Waals surface area contributed by atoms with Gasteiger partial charge in [-0.25, -0.2) is 9.15 Å². The molecule has 0 spiro atoms. The Kier molecular flexibility index (Phi) is 3.80. The smallest absolute Gasteiger partial charge is 0.178 e. The molecule has 0 unspecified atom stereocenters. The molecule has 2 rings (SSSR count). The van der Waals surface area contributed by atoms with Crippen LogP contribution in [0.5, 0.6) is 0 Å². The second-order valence-corrected chi connectivity index (χ2v) is 6.31. The number of benzene rings is 1. The lowest BCUT2D eigenvalue weighted by molar-refractivity contribution is -0.462. The van der Waals surface area contributed by atoms with Crippen LogP contribution in [0.25, 0.3) is 0 Å². The molecule has 3 heteroatoms. The van der Waals surface area contributed by atoms with E-state index in [1.54, 1.807) is 0 Å². The van der Waals surface area contributed by atoms with Crippen LogP contribution in [-0.4, -0.2) is 49.8 Å². The maximum atomic E-state index is 3.60. The van der Waals surface area contributed by atoms with Crippen molar-refractivity contribution in [1.29, 1.82) is 0 Å². The van der Waals surface area contributed by atoms with Crippen molar-refractivity contribution in [3.8, 4) is 0 Å². The van der Waals surface area contributed by atoms with Gasteiger partial charge in [0.2, 0.25) is 0 Å². The summed E-state index contributed by atoms with van der Waals surface area (Å²) in [4.78, 5) is 0. The Morgan fingerprint density at radius 1 is 1.00 bits per heavy atom. The molecule has 106 valence electrons. The molecule has 1 aromatic rings. The van der Waals surface area contributed by atoms with Crippen molar-refractivity contribution in [2.45, 2.75) is 19.3 Å². The van der Waals surface area contributed by atoms with Crippen molar-refractivity contribution in [3.63, 3.8) is 0 Å².